The van der Waals surface area contributed by atoms with Gasteiger partial charge in [-0.2, -0.15) is 0 Å². The average molecular weight is 427 g/mol. The smallest absolute Gasteiger partial charge is 0.255 e. The van der Waals surface area contributed by atoms with Gasteiger partial charge in [-0.25, -0.2) is 4.85 Å². The first-order chi connectivity index (χ1) is 15.6. The minimum atomic E-state index is -0.242. The molecule has 0 radical (unpaired) electrons. The Balaban J connectivity index is 1.48. The van der Waals surface area contributed by atoms with Crippen molar-refractivity contribution in [2.45, 2.75) is 19.0 Å². The van der Waals surface area contributed by atoms with Crippen molar-refractivity contribution in [3.8, 4) is 11.3 Å². The molecule has 2 aromatic carbocycles. The van der Waals surface area contributed by atoms with Crippen molar-refractivity contribution in [1.82, 2.24) is 15.2 Å². The first-order valence-electron chi connectivity index (χ1n) is 10.6. The van der Waals surface area contributed by atoms with Crippen LogP contribution in [0.2, 0.25) is 0 Å². The molecular formula is C25H26N6O. The van der Waals surface area contributed by atoms with E-state index in [9.17, 15) is 4.79 Å². The molecule has 162 valence electrons. The van der Waals surface area contributed by atoms with Gasteiger partial charge >= 0.3 is 0 Å². The van der Waals surface area contributed by atoms with Gasteiger partial charge in [0.15, 0.2) is 0 Å². The molecule has 7 heteroatoms. The van der Waals surface area contributed by atoms with E-state index in [1.807, 2.05) is 43.6 Å². The first kappa shape index (κ1) is 21.5. The minimum Gasteiger partial charge on any atom is -0.397 e. The lowest BCUT2D eigenvalue weighted by molar-refractivity contribution is 0.102. The Morgan fingerprint density at radius 3 is 2.72 bits per heavy atom. The largest absolute Gasteiger partial charge is 0.397 e. The molecule has 1 aliphatic rings. The number of likely N-dealkylation sites (tertiary alicyclic amines) is 1. The summed E-state index contributed by atoms with van der Waals surface area (Å²) in [6.45, 7) is 10.4. The third-order valence-corrected chi connectivity index (χ3v) is 5.76. The Hall–Kier alpha value is -3.73. The zero-order valence-corrected chi connectivity index (χ0v) is 18.0. The fraction of sp³-hybridized carbons (Fsp3) is 0.240. The quantitative estimate of drug-likeness (QED) is 0.411. The zero-order chi connectivity index (χ0) is 22.5. The number of nitrogen functional groups attached to an aromatic ring is 1. The maximum Gasteiger partial charge on any atom is 0.255 e. The predicted molar refractivity (Wildman–Crippen MR) is 127 cm³/mol. The summed E-state index contributed by atoms with van der Waals surface area (Å²) < 4.78 is 0. The lowest BCUT2D eigenvalue weighted by Gasteiger charge is -2.16. The molecule has 4 rings (SSSR count). The van der Waals surface area contributed by atoms with Crippen molar-refractivity contribution in [1.29, 1.82) is 0 Å². The number of nitrogens with one attached hydrogen (secondary N) is 2. The van der Waals surface area contributed by atoms with Crippen LogP contribution in [-0.4, -0.2) is 42.0 Å². The van der Waals surface area contributed by atoms with E-state index in [0.717, 1.165) is 37.2 Å². The number of hydrogen-bond donors (Lipinski definition) is 3. The summed E-state index contributed by atoms with van der Waals surface area (Å²) in [5.41, 5.74) is 10.5. The fourth-order valence-electron chi connectivity index (χ4n) is 3.94. The van der Waals surface area contributed by atoms with Crippen LogP contribution in [0.1, 0.15) is 22.3 Å². The number of benzene rings is 2. The summed E-state index contributed by atoms with van der Waals surface area (Å²) in [6.07, 6.45) is 2.98. The highest BCUT2D eigenvalue weighted by molar-refractivity contribution is 6.06. The van der Waals surface area contributed by atoms with E-state index in [4.69, 9.17) is 12.3 Å². The normalized spacial score (nSPS) is 15.9. The van der Waals surface area contributed by atoms with Gasteiger partial charge in [-0.15, -0.1) is 0 Å². The molecule has 0 bridgehead atoms. The van der Waals surface area contributed by atoms with E-state index in [1.54, 1.807) is 24.3 Å². The van der Waals surface area contributed by atoms with Gasteiger partial charge in [0.05, 0.1) is 23.6 Å². The molecule has 3 aromatic rings. The number of nitrogens with two attached hydrogens (primary N) is 1. The lowest BCUT2D eigenvalue weighted by atomic mass is 10.1. The van der Waals surface area contributed by atoms with Crippen molar-refractivity contribution in [2.75, 3.05) is 31.2 Å². The fourth-order valence-corrected chi connectivity index (χ4v) is 3.94. The maximum absolute atomic E-state index is 12.6. The van der Waals surface area contributed by atoms with Crippen LogP contribution in [0.25, 0.3) is 16.1 Å². The summed E-state index contributed by atoms with van der Waals surface area (Å²) in [7, 11) is 1.99. The number of aromatic nitrogens is 1. The molecule has 7 nitrogen and oxygen atoms in total. The van der Waals surface area contributed by atoms with E-state index in [1.165, 1.54) is 0 Å². The van der Waals surface area contributed by atoms with Crippen molar-refractivity contribution >= 4 is 23.0 Å². The molecule has 1 atom stereocenters. The molecule has 1 aromatic heterocycles. The van der Waals surface area contributed by atoms with E-state index < -0.39 is 0 Å². The van der Waals surface area contributed by atoms with Crippen LogP contribution in [0.3, 0.4) is 0 Å². The molecule has 1 fully saturated rings. The molecule has 4 N–H and O–H groups in total. The number of hydrogen-bond acceptors (Lipinski definition) is 5. The third kappa shape index (κ3) is 4.78. The molecular weight excluding hydrogens is 400 g/mol. The molecule has 1 saturated heterocycles. The van der Waals surface area contributed by atoms with Gasteiger partial charge in [-0.1, -0.05) is 24.3 Å². The second-order valence-corrected chi connectivity index (χ2v) is 7.95. The SMILES string of the molecule is [C-]#[N+]c1cc(CN2CCC(NC)C2)cnc1-c1ccc(C(=O)Nc2ccccc2N)cc1. The molecule has 32 heavy (non-hydrogen) atoms. The Morgan fingerprint density at radius 2 is 2.03 bits per heavy atom. The van der Waals surface area contributed by atoms with Gasteiger partial charge in [0.25, 0.3) is 5.91 Å². The Morgan fingerprint density at radius 1 is 1.25 bits per heavy atom. The number of amides is 1. The van der Waals surface area contributed by atoms with Gasteiger partial charge in [-0.3, -0.25) is 14.7 Å². The number of carbonyl (C=O) groups excluding carboxylic acids is 1. The van der Waals surface area contributed by atoms with E-state index in [-0.39, 0.29) is 5.91 Å². The second kappa shape index (κ2) is 9.60. The molecule has 1 aliphatic heterocycles. The van der Waals surface area contributed by atoms with Gasteiger partial charge in [0.2, 0.25) is 5.69 Å². The Labute approximate surface area is 188 Å². The van der Waals surface area contributed by atoms with Gasteiger partial charge in [0, 0.05) is 37.4 Å². The molecule has 0 saturated carbocycles. The summed E-state index contributed by atoms with van der Waals surface area (Å²) in [5.74, 6) is -0.242. The summed E-state index contributed by atoms with van der Waals surface area (Å²) in [5, 5.41) is 6.14. The Bertz CT molecular complexity index is 1150. The standard InChI is InChI=1S/C25H26N6O/c1-27-20-11-12-31(16-20)15-17-13-23(28-2)24(29-14-17)18-7-9-19(10-8-18)25(32)30-22-6-4-3-5-21(22)26/h3-10,13-14,20,27H,11-12,15-16,26H2,1H3,(H,30,32). The van der Waals surface area contributed by atoms with Gasteiger partial charge in [-0.05, 0) is 54.9 Å². The van der Waals surface area contributed by atoms with Crippen molar-refractivity contribution < 1.29 is 4.79 Å². The number of rotatable bonds is 6. The van der Waals surface area contributed by atoms with E-state index >= 15 is 0 Å². The minimum absolute atomic E-state index is 0.242. The van der Waals surface area contributed by atoms with Crippen molar-refractivity contribution in [3.05, 3.63) is 83.3 Å². The summed E-state index contributed by atoms with van der Waals surface area (Å²) in [6, 6.07) is 16.7. The van der Waals surface area contributed by atoms with Crippen LogP contribution >= 0.6 is 0 Å². The van der Waals surface area contributed by atoms with Crippen LogP contribution in [-0.2, 0) is 6.54 Å². The highest BCUT2D eigenvalue weighted by Crippen LogP contribution is 2.30. The molecule has 0 spiro atoms. The molecule has 1 unspecified atom stereocenters. The van der Waals surface area contributed by atoms with Crippen LogP contribution in [0.5, 0.6) is 0 Å². The zero-order valence-electron chi connectivity index (χ0n) is 18.0. The van der Waals surface area contributed by atoms with Crippen molar-refractivity contribution in [2.24, 2.45) is 0 Å². The predicted octanol–water partition coefficient (Wildman–Crippen LogP) is 3.93. The lowest BCUT2D eigenvalue weighted by Crippen LogP contribution is -2.29. The first-order valence-corrected chi connectivity index (χ1v) is 10.6. The number of pyridine rings is 1. The average Bonchev–Trinajstić information content (AvgIpc) is 3.28. The second-order valence-electron chi connectivity index (χ2n) is 7.95. The van der Waals surface area contributed by atoms with E-state index in [2.05, 4.69) is 25.4 Å². The number of nitrogens with zero attached hydrogens (tertiary/aromatic N) is 3. The molecule has 0 aliphatic carbocycles. The van der Waals surface area contributed by atoms with E-state index in [0.29, 0.717) is 34.4 Å². The van der Waals surface area contributed by atoms with Crippen molar-refractivity contribution in [3.63, 3.8) is 0 Å². The highest BCUT2D eigenvalue weighted by atomic mass is 16.1. The Kier molecular flexibility index (Phi) is 6.45. The van der Waals surface area contributed by atoms with Gasteiger partial charge in [0.1, 0.15) is 0 Å². The molecule has 2 heterocycles. The number of para-hydroxylation sites is 2. The number of anilines is 2. The topological polar surface area (TPSA) is 87.6 Å². The molecule has 1 amide bonds. The summed E-state index contributed by atoms with van der Waals surface area (Å²) >= 11 is 0. The van der Waals surface area contributed by atoms with Crippen LogP contribution < -0.4 is 16.4 Å². The number of likely N-dealkylation sites (N-methyl/N-ethyl adjacent to an activating group) is 1. The maximum atomic E-state index is 12.6. The third-order valence-electron chi connectivity index (χ3n) is 5.76. The van der Waals surface area contributed by atoms with Crippen LogP contribution in [0.15, 0.2) is 60.8 Å². The monoisotopic (exact) mass is 426 g/mol. The van der Waals surface area contributed by atoms with Crippen LogP contribution in [0.4, 0.5) is 17.1 Å². The van der Waals surface area contributed by atoms with Crippen LogP contribution in [0, 0.1) is 6.57 Å². The number of carbonyl (C=O) groups is 1. The summed E-state index contributed by atoms with van der Waals surface area (Å²) in [4.78, 5) is 23.2. The highest BCUT2D eigenvalue weighted by Gasteiger charge is 2.21. The van der Waals surface area contributed by atoms with Gasteiger partial charge < -0.3 is 16.4 Å².